The summed E-state index contributed by atoms with van der Waals surface area (Å²) >= 11 is 0. The normalized spacial score (nSPS) is 17.4. The van der Waals surface area contributed by atoms with Crippen LogP contribution in [-0.4, -0.2) is 24.9 Å². The third-order valence-electron chi connectivity index (χ3n) is 4.70. The molecule has 1 aliphatic rings. The van der Waals surface area contributed by atoms with Crippen molar-refractivity contribution in [2.75, 3.05) is 13.7 Å². The van der Waals surface area contributed by atoms with Crippen molar-refractivity contribution in [2.45, 2.75) is 38.3 Å². The number of rotatable bonds is 7. The Labute approximate surface area is 132 Å². The molecule has 0 radical (unpaired) electrons. The van der Waals surface area contributed by atoms with Crippen LogP contribution in [0.5, 0.6) is 5.75 Å². The van der Waals surface area contributed by atoms with E-state index in [9.17, 15) is 5.11 Å². The summed E-state index contributed by atoms with van der Waals surface area (Å²) in [4.78, 5) is 0. The molecule has 2 aromatic carbocycles. The predicted molar refractivity (Wildman–Crippen MR) is 90.3 cm³/mol. The van der Waals surface area contributed by atoms with Crippen LogP contribution >= 0.6 is 0 Å². The number of aliphatic hydroxyl groups is 1. The molecule has 3 rings (SSSR count). The first-order valence-electron chi connectivity index (χ1n) is 8.17. The molecule has 1 saturated carbocycles. The molecule has 2 N–H and O–H groups in total. The van der Waals surface area contributed by atoms with Gasteiger partial charge in [-0.2, -0.15) is 0 Å². The van der Waals surface area contributed by atoms with Gasteiger partial charge in [0.2, 0.25) is 0 Å². The quantitative estimate of drug-likeness (QED) is 0.820. The first kappa shape index (κ1) is 15.3. The first-order valence-corrected chi connectivity index (χ1v) is 8.17. The fourth-order valence-corrected chi connectivity index (χ4v) is 3.35. The highest BCUT2D eigenvalue weighted by atomic mass is 16.5. The zero-order valence-electron chi connectivity index (χ0n) is 13.4. The number of nitrogens with one attached hydrogen (secondary N) is 1. The van der Waals surface area contributed by atoms with Gasteiger partial charge in [0.15, 0.2) is 0 Å². The lowest BCUT2D eigenvalue weighted by Gasteiger charge is -2.24. The van der Waals surface area contributed by atoms with E-state index in [1.54, 1.807) is 7.11 Å². The number of ether oxygens (including phenoxy) is 1. The zero-order chi connectivity index (χ0) is 15.5. The van der Waals surface area contributed by atoms with Crippen molar-refractivity contribution in [1.29, 1.82) is 0 Å². The lowest BCUT2D eigenvalue weighted by molar-refractivity contribution is 0.250. The highest BCUT2D eigenvalue weighted by Crippen LogP contribution is 2.36. The molecule has 0 bridgehead atoms. The first-order chi connectivity index (χ1) is 10.7. The fraction of sp³-hybridized carbons (Fsp3) is 0.474. The third kappa shape index (κ3) is 3.11. The largest absolute Gasteiger partial charge is 0.496 e. The van der Waals surface area contributed by atoms with Crippen LogP contribution in [0.3, 0.4) is 0 Å². The molecule has 0 heterocycles. The number of hydrogen-bond donors (Lipinski definition) is 2. The van der Waals surface area contributed by atoms with Crippen molar-refractivity contribution in [3.8, 4) is 5.75 Å². The predicted octanol–water partition coefficient (Wildman–Crippen LogP) is 3.66. The molecule has 3 nitrogen and oxygen atoms in total. The molecule has 1 fully saturated rings. The van der Waals surface area contributed by atoms with Crippen LogP contribution in [0, 0.1) is 5.92 Å². The fourth-order valence-electron chi connectivity index (χ4n) is 3.35. The van der Waals surface area contributed by atoms with Gasteiger partial charge in [0.1, 0.15) is 5.75 Å². The molecule has 2 unspecified atom stereocenters. The summed E-state index contributed by atoms with van der Waals surface area (Å²) in [6, 6.07) is 13.3. The van der Waals surface area contributed by atoms with Gasteiger partial charge in [-0.3, -0.25) is 0 Å². The highest BCUT2D eigenvalue weighted by molar-refractivity contribution is 5.91. The third-order valence-corrected chi connectivity index (χ3v) is 4.70. The Balaban J connectivity index is 1.88. The van der Waals surface area contributed by atoms with Crippen molar-refractivity contribution in [3.05, 3.63) is 42.0 Å². The van der Waals surface area contributed by atoms with Crippen LogP contribution < -0.4 is 10.1 Å². The van der Waals surface area contributed by atoms with Crippen LogP contribution in [0.15, 0.2) is 36.4 Å². The SMILES string of the molecule is COc1ccc(C(C)NC(CCO)C2CC2)c2ccccc12. The molecule has 2 aromatic rings. The Morgan fingerprint density at radius 2 is 1.91 bits per heavy atom. The number of fused-ring (bicyclic) bond motifs is 1. The van der Waals surface area contributed by atoms with Gasteiger partial charge in [0.05, 0.1) is 7.11 Å². The van der Waals surface area contributed by atoms with E-state index in [2.05, 4.69) is 36.5 Å². The van der Waals surface area contributed by atoms with Gasteiger partial charge >= 0.3 is 0 Å². The molecule has 0 aliphatic heterocycles. The van der Waals surface area contributed by atoms with E-state index < -0.39 is 0 Å². The Hall–Kier alpha value is -1.58. The van der Waals surface area contributed by atoms with E-state index in [1.807, 2.05) is 12.1 Å². The Morgan fingerprint density at radius 1 is 1.18 bits per heavy atom. The molecule has 0 amide bonds. The number of aliphatic hydroxyl groups excluding tert-OH is 1. The molecule has 22 heavy (non-hydrogen) atoms. The van der Waals surface area contributed by atoms with E-state index in [4.69, 9.17) is 4.74 Å². The molecule has 118 valence electrons. The molecule has 0 spiro atoms. The second-order valence-corrected chi connectivity index (χ2v) is 6.25. The van der Waals surface area contributed by atoms with Crippen LogP contribution in [-0.2, 0) is 0 Å². The molecular weight excluding hydrogens is 274 g/mol. The monoisotopic (exact) mass is 299 g/mol. The van der Waals surface area contributed by atoms with Crippen LogP contribution in [0.4, 0.5) is 0 Å². The Kier molecular flexibility index (Phi) is 4.65. The van der Waals surface area contributed by atoms with Gasteiger partial charge in [0.25, 0.3) is 0 Å². The maximum Gasteiger partial charge on any atom is 0.126 e. The molecule has 0 saturated heterocycles. The number of benzene rings is 2. The van der Waals surface area contributed by atoms with E-state index in [0.717, 1.165) is 23.5 Å². The summed E-state index contributed by atoms with van der Waals surface area (Å²) in [5.41, 5.74) is 1.29. The van der Waals surface area contributed by atoms with Gasteiger partial charge in [-0.05, 0) is 49.1 Å². The van der Waals surface area contributed by atoms with E-state index >= 15 is 0 Å². The Bertz CT molecular complexity index is 636. The molecular formula is C19H25NO2. The summed E-state index contributed by atoms with van der Waals surface area (Å²) in [7, 11) is 1.72. The van der Waals surface area contributed by atoms with Crippen molar-refractivity contribution in [2.24, 2.45) is 5.92 Å². The van der Waals surface area contributed by atoms with Crippen molar-refractivity contribution >= 4 is 10.8 Å². The molecule has 0 aromatic heterocycles. The minimum atomic E-state index is 0.254. The minimum absolute atomic E-state index is 0.254. The zero-order valence-corrected chi connectivity index (χ0v) is 13.4. The summed E-state index contributed by atoms with van der Waals surface area (Å²) in [5, 5.41) is 15.4. The highest BCUT2D eigenvalue weighted by Gasteiger charge is 2.31. The van der Waals surface area contributed by atoms with Gasteiger partial charge in [-0.1, -0.05) is 30.3 Å². The lowest BCUT2D eigenvalue weighted by atomic mass is 9.97. The minimum Gasteiger partial charge on any atom is -0.496 e. The van der Waals surface area contributed by atoms with Crippen molar-refractivity contribution in [1.82, 2.24) is 5.32 Å². The molecule has 2 atom stereocenters. The number of methoxy groups -OCH3 is 1. The standard InChI is InChI=1S/C19H25NO2/c1-13(20-18(11-12-21)14-7-8-14)15-9-10-19(22-2)17-6-4-3-5-16(15)17/h3-6,9-10,13-14,18,20-21H,7-8,11-12H2,1-2H3. The van der Waals surface area contributed by atoms with E-state index in [1.165, 1.54) is 23.8 Å². The Morgan fingerprint density at radius 3 is 2.55 bits per heavy atom. The topological polar surface area (TPSA) is 41.5 Å². The van der Waals surface area contributed by atoms with E-state index in [0.29, 0.717) is 6.04 Å². The smallest absolute Gasteiger partial charge is 0.126 e. The summed E-state index contributed by atoms with van der Waals surface area (Å²) in [6.45, 7) is 2.46. The maximum atomic E-state index is 9.28. The van der Waals surface area contributed by atoms with Crippen LogP contribution in [0.25, 0.3) is 10.8 Å². The second-order valence-electron chi connectivity index (χ2n) is 6.25. The van der Waals surface area contributed by atoms with Gasteiger partial charge in [-0.15, -0.1) is 0 Å². The van der Waals surface area contributed by atoms with Gasteiger partial charge < -0.3 is 15.2 Å². The van der Waals surface area contributed by atoms with Crippen molar-refractivity contribution in [3.63, 3.8) is 0 Å². The summed E-state index contributed by atoms with van der Waals surface area (Å²) in [5.74, 6) is 1.65. The van der Waals surface area contributed by atoms with E-state index in [-0.39, 0.29) is 12.6 Å². The molecule has 1 aliphatic carbocycles. The van der Waals surface area contributed by atoms with Gasteiger partial charge in [0, 0.05) is 24.1 Å². The van der Waals surface area contributed by atoms with Crippen LogP contribution in [0.2, 0.25) is 0 Å². The average Bonchev–Trinajstić information content (AvgIpc) is 3.38. The van der Waals surface area contributed by atoms with Gasteiger partial charge in [-0.25, -0.2) is 0 Å². The van der Waals surface area contributed by atoms with Crippen LogP contribution in [0.1, 0.15) is 37.8 Å². The average molecular weight is 299 g/mol. The lowest BCUT2D eigenvalue weighted by Crippen LogP contribution is -2.34. The second kappa shape index (κ2) is 6.67. The molecule has 3 heteroatoms. The number of hydrogen-bond acceptors (Lipinski definition) is 3. The maximum absolute atomic E-state index is 9.28. The summed E-state index contributed by atoms with van der Waals surface area (Å²) in [6.07, 6.45) is 3.41. The van der Waals surface area contributed by atoms with Crippen molar-refractivity contribution < 1.29 is 9.84 Å². The summed E-state index contributed by atoms with van der Waals surface area (Å²) < 4.78 is 5.48.